The van der Waals surface area contributed by atoms with Crippen LogP contribution in [-0.4, -0.2) is 5.91 Å². The van der Waals surface area contributed by atoms with E-state index in [1.54, 1.807) is 12.1 Å². The van der Waals surface area contributed by atoms with E-state index in [9.17, 15) is 14.1 Å². The summed E-state index contributed by atoms with van der Waals surface area (Å²) in [5.41, 5.74) is 2.85. The molecule has 26 heavy (non-hydrogen) atoms. The third-order valence-electron chi connectivity index (χ3n) is 5.12. The summed E-state index contributed by atoms with van der Waals surface area (Å²) in [6, 6.07) is 13.9. The van der Waals surface area contributed by atoms with E-state index in [4.69, 9.17) is 0 Å². The lowest BCUT2D eigenvalue weighted by Crippen LogP contribution is -2.20. The van der Waals surface area contributed by atoms with E-state index in [1.807, 2.05) is 12.1 Å². The Labute approximate surface area is 152 Å². The predicted octanol–water partition coefficient (Wildman–Crippen LogP) is 5.39. The Bertz CT molecular complexity index is 753. The van der Waals surface area contributed by atoms with Gasteiger partial charge in [0.1, 0.15) is 12.4 Å². The highest BCUT2D eigenvalue weighted by atomic mass is 19.1. The number of hydrogen-bond donors (Lipinski definition) is 1. The van der Waals surface area contributed by atoms with Crippen molar-refractivity contribution in [2.45, 2.75) is 44.6 Å². The van der Waals surface area contributed by atoms with E-state index in [0.717, 1.165) is 31.2 Å². The fourth-order valence-corrected chi connectivity index (χ4v) is 3.73. The maximum atomic E-state index is 12.9. The van der Waals surface area contributed by atoms with Crippen molar-refractivity contribution in [1.29, 1.82) is 0 Å². The van der Waals surface area contributed by atoms with Gasteiger partial charge in [0.15, 0.2) is 0 Å². The molecule has 1 aliphatic rings. The van der Waals surface area contributed by atoms with Crippen LogP contribution in [0.5, 0.6) is 0 Å². The number of nitroso groups, excluding NO2 is 1. The first kappa shape index (κ1) is 18.2. The van der Waals surface area contributed by atoms with Crippen LogP contribution in [0.15, 0.2) is 53.7 Å². The second-order valence-corrected chi connectivity index (χ2v) is 7.01. The lowest BCUT2D eigenvalue weighted by Gasteiger charge is -2.28. The number of amides is 1. The summed E-state index contributed by atoms with van der Waals surface area (Å²) >= 11 is 0. The Morgan fingerprint density at radius 3 is 2.50 bits per heavy atom. The molecule has 1 saturated carbocycles. The molecular formula is C21H23FN2O2. The van der Waals surface area contributed by atoms with E-state index < -0.39 is 0 Å². The number of hydrogen-bond acceptors (Lipinski definition) is 3. The van der Waals surface area contributed by atoms with Gasteiger partial charge in [-0.15, -0.1) is 0 Å². The van der Waals surface area contributed by atoms with Crippen molar-refractivity contribution >= 4 is 11.6 Å². The molecular weight excluding hydrogens is 331 g/mol. The number of rotatable bonds is 6. The molecule has 0 saturated heterocycles. The fraction of sp³-hybridized carbons (Fsp3) is 0.381. The normalized spacial score (nSPS) is 19.7. The molecule has 2 aromatic rings. The van der Waals surface area contributed by atoms with Gasteiger partial charge in [-0.2, -0.15) is 4.91 Å². The SMILES string of the molecule is O=NCc1cccc(C2CCC(CC(=O)Nc3ccc(F)cc3)CC2)c1. The van der Waals surface area contributed by atoms with Crippen LogP contribution in [0.3, 0.4) is 0 Å². The van der Waals surface area contributed by atoms with Crippen LogP contribution in [0.4, 0.5) is 10.1 Å². The molecule has 0 unspecified atom stereocenters. The van der Waals surface area contributed by atoms with Gasteiger partial charge in [-0.05, 0) is 72.9 Å². The second kappa shape index (κ2) is 8.70. The predicted molar refractivity (Wildman–Crippen MR) is 100 cm³/mol. The maximum absolute atomic E-state index is 12.9. The Hall–Kier alpha value is -2.56. The van der Waals surface area contributed by atoms with Gasteiger partial charge in [0.05, 0.1) is 0 Å². The summed E-state index contributed by atoms with van der Waals surface area (Å²) in [5.74, 6) is 0.540. The van der Waals surface area contributed by atoms with Crippen molar-refractivity contribution in [1.82, 2.24) is 0 Å². The van der Waals surface area contributed by atoms with Crippen molar-refractivity contribution in [2.75, 3.05) is 5.32 Å². The number of carbonyl (C=O) groups excluding carboxylic acids is 1. The van der Waals surface area contributed by atoms with Gasteiger partial charge in [0.25, 0.3) is 0 Å². The number of halogens is 1. The number of carbonyl (C=O) groups is 1. The topological polar surface area (TPSA) is 58.5 Å². The molecule has 5 heteroatoms. The number of nitrogens with one attached hydrogen (secondary N) is 1. The monoisotopic (exact) mass is 354 g/mol. The average Bonchev–Trinajstić information content (AvgIpc) is 2.65. The first-order valence-electron chi connectivity index (χ1n) is 9.07. The first-order chi connectivity index (χ1) is 12.6. The number of nitrogens with zero attached hydrogens (tertiary/aromatic N) is 1. The zero-order valence-corrected chi connectivity index (χ0v) is 14.7. The quantitative estimate of drug-likeness (QED) is 0.707. The van der Waals surface area contributed by atoms with Gasteiger partial charge in [-0.3, -0.25) is 4.79 Å². The molecule has 2 aromatic carbocycles. The minimum Gasteiger partial charge on any atom is -0.326 e. The summed E-state index contributed by atoms with van der Waals surface area (Å²) < 4.78 is 12.9. The highest BCUT2D eigenvalue weighted by Crippen LogP contribution is 2.37. The molecule has 1 aliphatic carbocycles. The highest BCUT2D eigenvalue weighted by molar-refractivity contribution is 5.90. The third-order valence-corrected chi connectivity index (χ3v) is 5.12. The molecule has 0 atom stereocenters. The Balaban J connectivity index is 1.49. The van der Waals surface area contributed by atoms with Crippen LogP contribution in [0.2, 0.25) is 0 Å². The van der Waals surface area contributed by atoms with Crippen LogP contribution in [0.25, 0.3) is 0 Å². The van der Waals surface area contributed by atoms with Crippen molar-refractivity contribution < 1.29 is 9.18 Å². The van der Waals surface area contributed by atoms with Crippen molar-refractivity contribution in [3.63, 3.8) is 0 Å². The lowest BCUT2D eigenvalue weighted by atomic mass is 9.77. The lowest BCUT2D eigenvalue weighted by molar-refractivity contribution is -0.117. The Morgan fingerprint density at radius 1 is 1.08 bits per heavy atom. The maximum Gasteiger partial charge on any atom is 0.224 e. The molecule has 0 heterocycles. The molecule has 0 radical (unpaired) electrons. The summed E-state index contributed by atoms with van der Waals surface area (Å²) in [4.78, 5) is 22.6. The first-order valence-corrected chi connectivity index (χ1v) is 9.07. The summed E-state index contributed by atoms with van der Waals surface area (Å²) in [7, 11) is 0. The van der Waals surface area contributed by atoms with Crippen LogP contribution in [0, 0.1) is 16.6 Å². The zero-order chi connectivity index (χ0) is 18.4. The van der Waals surface area contributed by atoms with Crippen molar-refractivity contribution in [3.05, 3.63) is 70.4 Å². The minimum absolute atomic E-state index is 0.0147. The molecule has 0 aliphatic heterocycles. The molecule has 3 rings (SSSR count). The van der Waals surface area contributed by atoms with Gasteiger partial charge in [0.2, 0.25) is 5.91 Å². The third kappa shape index (κ3) is 4.97. The van der Waals surface area contributed by atoms with E-state index in [1.165, 1.54) is 17.7 Å². The van der Waals surface area contributed by atoms with Gasteiger partial charge in [-0.25, -0.2) is 4.39 Å². The molecule has 1 amide bonds. The van der Waals surface area contributed by atoms with E-state index in [0.29, 0.717) is 23.9 Å². The largest absolute Gasteiger partial charge is 0.326 e. The van der Waals surface area contributed by atoms with Gasteiger partial charge >= 0.3 is 0 Å². The standard InChI is InChI=1S/C21H23FN2O2/c22-19-8-10-20(11-9-19)24-21(25)13-15-4-6-17(7-5-15)18-3-1-2-16(12-18)14-23-26/h1-3,8-12,15,17H,4-7,13-14H2,(H,24,25). The molecule has 1 fully saturated rings. The molecule has 4 nitrogen and oxygen atoms in total. The van der Waals surface area contributed by atoms with Crippen LogP contribution in [0.1, 0.15) is 49.1 Å². The van der Waals surface area contributed by atoms with Gasteiger partial charge in [0, 0.05) is 12.1 Å². The second-order valence-electron chi connectivity index (χ2n) is 7.01. The number of anilines is 1. The van der Waals surface area contributed by atoms with Crippen molar-refractivity contribution in [2.24, 2.45) is 11.1 Å². The molecule has 0 bridgehead atoms. The summed E-state index contributed by atoms with van der Waals surface area (Å²) in [5, 5.41) is 5.80. The van der Waals surface area contributed by atoms with Crippen LogP contribution in [-0.2, 0) is 11.3 Å². The highest BCUT2D eigenvalue weighted by Gasteiger charge is 2.24. The Morgan fingerprint density at radius 2 is 1.81 bits per heavy atom. The summed E-state index contributed by atoms with van der Waals surface area (Å²) in [6.45, 7) is 0.215. The average molecular weight is 354 g/mol. The summed E-state index contributed by atoms with van der Waals surface area (Å²) in [6.07, 6.45) is 4.62. The molecule has 136 valence electrons. The van der Waals surface area contributed by atoms with E-state index >= 15 is 0 Å². The number of benzene rings is 2. The van der Waals surface area contributed by atoms with Crippen molar-refractivity contribution in [3.8, 4) is 0 Å². The van der Waals surface area contributed by atoms with E-state index in [2.05, 4.69) is 22.6 Å². The molecule has 1 N–H and O–H groups in total. The smallest absolute Gasteiger partial charge is 0.224 e. The van der Waals surface area contributed by atoms with Crippen LogP contribution >= 0.6 is 0 Å². The molecule has 0 aromatic heterocycles. The van der Waals surface area contributed by atoms with E-state index in [-0.39, 0.29) is 18.3 Å². The molecule has 0 spiro atoms. The van der Waals surface area contributed by atoms with Gasteiger partial charge in [-0.1, -0.05) is 29.4 Å². The fourth-order valence-electron chi connectivity index (χ4n) is 3.73. The Kier molecular flexibility index (Phi) is 6.10. The van der Waals surface area contributed by atoms with Crippen LogP contribution < -0.4 is 5.32 Å². The zero-order valence-electron chi connectivity index (χ0n) is 14.7. The van der Waals surface area contributed by atoms with Gasteiger partial charge < -0.3 is 5.32 Å². The minimum atomic E-state index is -0.311.